The zero-order valence-corrected chi connectivity index (χ0v) is 23.6. The lowest BCUT2D eigenvalue weighted by molar-refractivity contribution is -0.147. The van der Waals surface area contributed by atoms with Gasteiger partial charge in [0.15, 0.2) is 13.2 Å². The van der Waals surface area contributed by atoms with Gasteiger partial charge in [-0.3, -0.25) is 9.69 Å². The topological polar surface area (TPSA) is 68.3 Å². The highest BCUT2D eigenvalue weighted by Gasteiger charge is 2.34. The summed E-state index contributed by atoms with van der Waals surface area (Å²) in [5.41, 5.74) is 0.976. The highest BCUT2D eigenvalue weighted by molar-refractivity contribution is 6.30. The number of nitrogens with zero attached hydrogens (tertiary/aromatic N) is 2. The molecule has 2 atom stereocenters. The van der Waals surface area contributed by atoms with Crippen molar-refractivity contribution in [2.75, 3.05) is 32.9 Å². The van der Waals surface area contributed by atoms with Gasteiger partial charge < -0.3 is 19.1 Å². The standard InChI is InChI=1S/C30H31Cl2FN2O5/c1-21-16-35(29(36)19-39-27-10-4-23(31)5-11-27)26(18-34(21)17-22-2-8-25(33)9-3-22)14-15-38-30(37)20-40-28-12-6-24(32)7-13-28/h2-13,21,26H,14-20H2,1H3/t21-,26+/m0/s1. The molecule has 0 bridgehead atoms. The Balaban J connectivity index is 1.35. The molecule has 1 heterocycles. The highest BCUT2D eigenvalue weighted by atomic mass is 35.5. The lowest BCUT2D eigenvalue weighted by Gasteiger charge is -2.45. The zero-order chi connectivity index (χ0) is 28.5. The Bertz CT molecular complexity index is 1260. The van der Waals surface area contributed by atoms with Gasteiger partial charge in [-0.2, -0.15) is 0 Å². The maximum atomic E-state index is 13.4. The van der Waals surface area contributed by atoms with E-state index >= 15 is 0 Å². The van der Waals surface area contributed by atoms with Gasteiger partial charge in [0.2, 0.25) is 0 Å². The van der Waals surface area contributed by atoms with Crippen molar-refractivity contribution in [3.05, 3.63) is 94.2 Å². The first-order valence-electron chi connectivity index (χ1n) is 13.0. The number of carbonyl (C=O) groups excluding carboxylic acids is 2. The lowest BCUT2D eigenvalue weighted by atomic mass is 10.0. The van der Waals surface area contributed by atoms with Crippen LogP contribution in [0.3, 0.4) is 0 Å². The molecule has 1 amide bonds. The molecule has 10 heteroatoms. The van der Waals surface area contributed by atoms with Gasteiger partial charge in [0.05, 0.1) is 6.61 Å². The van der Waals surface area contributed by atoms with Crippen molar-refractivity contribution in [3.8, 4) is 11.5 Å². The number of hydrogen-bond donors (Lipinski definition) is 0. The van der Waals surface area contributed by atoms with Crippen LogP contribution in [0.2, 0.25) is 10.0 Å². The molecule has 1 aliphatic heterocycles. The molecule has 7 nitrogen and oxygen atoms in total. The van der Waals surface area contributed by atoms with E-state index in [-0.39, 0.29) is 43.6 Å². The van der Waals surface area contributed by atoms with Gasteiger partial charge in [-0.15, -0.1) is 0 Å². The van der Waals surface area contributed by atoms with Crippen molar-refractivity contribution in [1.29, 1.82) is 0 Å². The summed E-state index contributed by atoms with van der Waals surface area (Å²) in [6.45, 7) is 3.44. The van der Waals surface area contributed by atoms with E-state index in [1.807, 2.05) is 6.92 Å². The summed E-state index contributed by atoms with van der Waals surface area (Å²) in [5.74, 6) is 0.105. The third-order valence-corrected chi connectivity index (χ3v) is 7.15. The molecule has 0 unspecified atom stereocenters. The fourth-order valence-electron chi connectivity index (χ4n) is 4.48. The average Bonchev–Trinajstić information content (AvgIpc) is 2.95. The molecule has 0 aliphatic carbocycles. The van der Waals surface area contributed by atoms with Gasteiger partial charge in [-0.1, -0.05) is 35.3 Å². The number of halogens is 3. The Hall–Kier alpha value is -3.33. The smallest absolute Gasteiger partial charge is 0.344 e. The second kappa shape index (κ2) is 14.3. The highest BCUT2D eigenvalue weighted by Crippen LogP contribution is 2.22. The number of hydrogen-bond acceptors (Lipinski definition) is 6. The molecule has 3 aromatic rings. The van der Waals surface area contributed by atoms with E-state index < -0.39 is 5.97 Å². The number of ether oxygens (including phenoxy) is 3. The molecular weight excluding hydrogens is 558 g/mol. The molecule has 1 aliphatic rings. The van der Waals surface area contributed by atoms with Gasteiger partial charge in [0, 0.05) is 48.2 Å². The van der Waals surface area contributed by atoms with Crippen LogP contribution < -0.4 is 9.47 Å². The molecule has 212 valence electrons. The van der Waals surface area contributed by atoms with Crippen molar-refractivity contribution in [2.24, 2.45) is 0 Å². The van der Waals surface area contributed by atoms with Crippen LogP contribution >= 0.6 is 23.2 Å². The zero-order valence-electron chi connectivity index (χ0n) is 22.1. The fourth-order valence-corrected chi connectivity index (χ4v) is 4.73. The summed E-state index contributed by atoms with van der Waals surface area (Å²) in [6.07, 6.45) is 0.437. The number of amides is 1. The summed E-state index contributed by atoms with van der Waals surface area (Å²) < 4.78 is 30.0. The third-order valence-electron chi connectivity index (χ3n) is 6.65. The maximum Gasteiger partial charge on any atom is 0.344 e. The van der Waals surface area contributed by atoms with Crippen molar-refractivity contribution in [3.63, 3.8) is 0 Å². The second-order valence-electron chi connectivity index (χ2n) is 9.60. The lowest BCUT2D eigenvalue weighted by Crippen LogP contribution is -2.59. The van der Waals surface area contributed by atoms with E-state index in [9.17, 15) is 14.0 Å². The van der Waals surface area contributed by atoms with E-state index in [1.54, 1.807) is 65.6 Å². The van der Waals surface area contributed by atoms with E-state index in [0.717, 1.165) is 5.56 Å². The third kappa shape index (κ3) is 8.84. The first-order valence-corrected chi connectivity index (χ1v) is 13.7. The second-order valence-corrected chi connectivity index (χ2v) is 10.5. The van der Waals surface area contributed by atoms with Crippen molar-refractivity contribution in [1.82, 2.24) is 9.80 Å². The molecular formula is C30H31Cl2FN2O5. The normalized spacial score (nSPS) is 17.4. The van der Waals surface area contributed by atoms with Crippen LogP contribution in [-0.4, -0.2) is 66.7 Å². The molecule has 1 fully saturated rings. The summed E-state index contributed by atoms with van der Waals surface area (Å²) in [6, 6.07) is 19.7. The fraction of sp³-hybridized carbons (Fsp3) is 0.333. The summed E-state index contributed by atoms with van der Waals surface area (Å²) in [4.78, 5) is 29.6. The molecule has 4 rings (SSSR count). The average molecular weight is 589 g/mol. The van der Waals surface area contributed by atoms with Crippen molar-refractivity contribution < 1.29 is 28.2 Å². The monoisotopic (exact) mass is 588 g/mol. The molecule has 40 heavy (non-hydrogen) atoms. The molecule has 0 spiro atoms. The Kier molecular flexibility index (Phi) is 10.6. The number of carbonyl (C=O) groups is 2. The van der Waals surface area contributed by atoms with E-state index in [1.165, 1.54) is 12.1 Å². The maximum absolute atomic E-state index is 13.4. The summed E-state index contributed by atoms with van der Waals surface area (Å²) in [5, 5.41) is 1.15. The largest absolute Gasteiger partial charge is 0.484 e. The Morgan fingerprint density at radius 1 is 0.850 bits per heavy atom. The first-order chi connectivity index (χ1) is 19.3. The predicted molar refractivity (Wildman–Crippen MR) is 151 cm³/mol. The van der Waals surface area contributed by atoms with Gasteiger partial charge in [0.25, 0.3) is 5.91 Å². The minimum absolute atomic E-state index is 0.0520. The van der Waals surface area contributed by atoms with Gasteiger partial charge in [-0.05, 0) is 73.2 Å². The van der Waals surface area contributed by atoms with Crippen LogP contribution in [-0.2, 0) is 20.9 Å². The molecule has 0 saturated carbocycles. The van der Waals surface area contributed by atoms with Gasteiger partial charge >= 0.3 is 5.97 Å². The van der Waals surface area contributed by atoms with Crippen LogP contribution in [0.5, 0.6) is 11.5 Å². The van der Waals surface area contributed by atoms with Crippen LogP contribution in [0, 0.1) is 5.82 Å². The minimum atomic E-state index is -0.508. The van der Waals surface area contributed by atoms with Crippen molar-refractivity contribution >= 4 is 35.1 Å². The van der Waals surface area contributed by atoms with Crippen LogP contribution in [0.15, 0.2) is 72.8 Å². The number of piperazine rings is 1. The first kappa shape index (κ1) is 29.6. The number of esters is 1. The van der Waals surface area contributed by atoms with E-state index in [2.05, 4.69) is 4.90 Å². The molecule has 0 N–H and O–H groups in total. The van der Waals surface area contributed by atoms with E-state index in [0.29, 0.717) is 47.6 Å². The molecule has 0 aromatic heterocycles. The Morgan fingerprint density at radius 3 is 2.02 bits per heavy atom. The summed E-state index contributed by atoms with van der Waals surface area (Å²) >= 11 is 11.8. The molecule has 0 radical (unpaired) electrons. The van der Waals surface area contributed by atoms with Crippen LogP contribution in [0.25, 0.3) is 0 Å². The van der Waals surface area contributed by atoms with Crippen molar-refractivity contribution in [2.45, 2.75) is 32.0 Å². The van der Waals surface area contributed by atoms with Crippen LogP contribution in [0.1, 0.15) is 18.9 Å². The quantitative estimate of drug-likeness (QED) is 0.271. The SMILES string of the molecule is C[C@H]1CN(C(=O)COc2ccc(Cl)cc2)[C@H](CCOC(=O)COc2ccc(Cl)cc2)CN1Cc1ccc(F)cc1. The number of rotatable bonds is 11. The molecule has 1 saturated heterocycles. The van der Waals surface area contributed by atoms with E-state index in [4.69, 9.17) is 37.4 Å². The number of benzene rings is 3. The Morgan fingerprint density at radius 2 is 1.43 bits per heavy atom. The molecule has 3 aromatic carbocycles. The summed E-state index contributed by atoms with van der Waals surface area (Å²) in [7, 11) is 0. The minimum Gasteiger partial charge on any atom is -0.484 e. The predicted octanol–water partition coefficient (Wildman–Crippen LogP) is 5.63. The van der Waals surface area contributed by atoms with Gasteiger partial charge in [0.1, 0.15) is 17.3 Å². The Labute approximate surface area is 243 Å². The van der Waals surface area contributed by atoms with Crippen LogP contribution in [0.4, 0.5) is 4.39 Å². The van der Waals surface area contributed by atoms with Gasteiger partial charge in [-0.25, -0.2) is 9.18 Å².